The number of carbonyl (C=O) groups is 1. The van der Waals surface area contributed by atoms with E-state index in [1.54, 1.807) is 0 Å². The predicted octanol–water partition coefficient (Wildman–Crippen LogP) is 4.91. The summed E-state index contributed by atoms with van der Waals surface area (Å²) < 4.78 is 6.04. The number of likely N-dealkylation sites (tertiary alicyclic amines) is 1. The topological polar surface area (TPSA) is 41.6 Å². The number of rotatable bonds is 8. The number of halogens is 1. The first-order valence-corrected chi connectivity index (χ1v) is 10.4. The van der Waals surface area contributed by atoms with E-state index in [0.717, 1.165) is 49.5 Å². The number of ketones is 1. The predicted molar refractivity (Wildman–Crippen MR) is 114 cm³/mol. The van der Waals surface area contributed by atoms with Gasteiger partial charge < -0.3 is 10.1 Å². The third kappa shape index (κ3) is 6.06. The lowest BCUT2D eigenvalue weighted by Gasteiger charge is -2.32. The van der Waals surface area contributed by atoms with Crippen LogP contribution < -0.4 is 10.1 Å². The summed E-state index contributed by atoms with van der Waals surface area (Å²) in [6, 6.07) is 16.0. The molecule has 2 aromatic carbocycles. The summed E-state index contributed by atoms with van der Waals surface area (Å²) >= 11 is 5.95. The molecule has 4 nitrogen and oxygen atoms in total. The monoisotopic (exact) mass is 400 g/mol. The molecular weight excluding hydrogens is 372 g/mol. The number of carbonyl (C=O) groups excluding carboxylic acids is 1. The lowest BCUT2D eigenvalue weighted by Crippen LogP contribution is -2.44. The molecule has 28 heavy (non-hydrogen) atoms. The molecule has 1 N–H and O–H groups in total. The molecule has 5 heteroatoms. The van der Waals surface area contributed by atoms with Crippen molar-refractivity contribution in [2.75, 3.05) is 19.6 Å². The van der Waals surface area contributed by atoms with Gasteiger partial charge in [0.05, 0.1) is 6.54 Å². The molecule has 0 amide bonds. The molecule has 0 radical (unpaired) electrons. The minimum absolute atomic E-state index is 0.119. The van der Waals surface area contributed by atoms with E-state index < -0.39 is 0 Å². The van der Waals surface area contributed by atoms with Crippen LogP contribution in [0.15, 0.2) is 48.5 Å². The molecular formula is C23H29ClN2O2. The van der Waals surface area contributed by atoms with E-state index in [-0.39, 0.29) is 5.92 Å². The summed E-state index contributed by atoms with van der Waals surface area (Å²) in [5, 5.41) is 4.36. The zero-order chi connectivity index (χ0) is 19.9. The average Bonchev–Trinajstić information content (AvgIpc) is 2.70. The molecule has 1 fully saturated rings. The lowest BCUT2D eigenvalue weighted by molar-refractivity contribution is -0.123. The van der Waals surface area contributed by atoms with E-state index in [2.05, 4.69) is 16.3 Å². The van der Waals surface area contributed by atoms with E-state index in [1.165, 1.54) is 0 Å². The number of para-hydroxylation sites is 1. The summed E-state index contributed by atoms with van der Waals surface area (Å²) in [6.07, 6.45) is 2.12. The van der Waals surface area contributed by atoms with Gasteiger partial charge in [0, 0.05) is 42.2 Å². The second-order valence-electron chi connectivity index (χ2n) is 7.72. The summed E-state index contributed by atoms with van der Waals surface area (Å²) in [4.78, 5) is 14.2. The fraction of sp³-hybridized carbons (Fsp3) is 0.435. The Morgan fingerprint density at radius 3 is 2.50 bits per heavy atom. The third-order valence-electron chi connectivity index (χ3n) is 5.21. The molecule has 0 aliphatic carbocycles. The fourth-order valence-corrected chi connectivity index (χ4v) is 3.46. The lowest BCUT2D eigenvalue weighted by atomic mass is 10.0. The largest absolute Gasteiger partial charge is 0.457 e. The number of ether oxygens (including phenoxy) is 1. The summed E-state index contributed by atoms with van der Waals surface area (Å²) in [5.41, 5.74) is 1.13. The smallest absolute Gasteiger partial charge is 0.149 e. The minimum atomic E-state index is 0.119. The van der Waals surface area contributed by atoms with Crippen molar-refractivity contribution in [2.24, 2.45) is 5.92 Å². The van der Waals surface area contributed by atoms with Crippen LogP contribution in [0.5, 0.6) is 11.5 Å². The summed E-state index contributed by atoms with van der Waals surface area (Å²) in [5.74, 6) is 2.09. The van der Waals surface area contributed by atoms with Gasteiger partial charge in [0.25, 0.3) is 0 Å². The molecule has 0 aromatic heterocycles. The first-order chi connectivity index (χ1) is 13.5. The van der Waals surface area contributed by atoms with Crippen LogP contribution in [0.1, 0.15) is 32.3 Å². The molecule has 0 bridgehead atoms. The van der Waals surface area contributed by atoms with Crippen LogP contribution in [0.3, 0.4) is 0 Å². The van der Waals surface area contributed by atoms with Crippen molar-refractivity contribution in [1.29, 1.82) is 0 Å². The third-order valence-corrected chi connectivity index (χ3v) is 5.46. The van der Waals surface area contributed by atoms with Crippen molar-refractivity contribution in [3.63, 3.8) is 0 Å². The van der Waals surface area contributed by atoms with Crippen LogP contribution in [0, 0.1) is 5.92 Å². The molecule has 0 spiro atoms. The van der Waals surface area contributed by atoms with Crippen LogP contribution in [-0.4, -0.2) is 36.4 Å². The molecule has 2 aromatic rings. The Morgan fingerprint density at radius 1 is 1.14 bits per heavy atom. The Bertz CT molecular complexity index is 768. The SMILES string of the molecule is CC(C)C(=O)CN1CCC(NCc2ccccc2Oc2ccc(Cl)cc2)CC1. The van der Waals surface area contributed by atoms with Gasteiger partial charge in [0.15, 0.2) is 0 Å². The Hall–Kier alpha value is -1.88. The van der Waals surface area contributed by atoms with Gasteiger partial charge in [-0.05, 0) is 43.2 Å². The van der Waals surface area contributed by atoms with Crippen LogP contribution in [-0.2, 0) is 11.3 Å². The zero-order valence-corrected chi connectivity index (χ0v) is 17.4. The van der Waals surface area contributed by atoms with E-state index in [0.29, 0.717) is 23.4 Å². The highest BCUT2D eigenvalue weighted by Crippen LogP contribution is 2.26. The van der Waals surface area contributed by atoms with Crippen LogP contribution in [0.25, 0.3) is 0 Å². The molecule has 0 atom stereocenters. The number of Topliss-reactive ketones (excluding diaryl/α,β-unsaturated/α-hetero) is 1. The van der Waals surface area contributed by atoms with Gasteiger partial charge in [-0.3, -0.25) is 9.69 Å². The Labute approximate surface area is 172 Å². The first kappa shape index (κ1) is 20.8. The normalized spacial score (nSPS) is 15.7. The number of piperidine rings is 1. The highest BCUT2D eigenvalue weighted by Gasteiger charge is 2.21. The molecule has 1 aliphatic heterocycles. The van der Waals surface area contributed by atoms with Gasteiger partial charge in [-0.25, -0.2) is 0 Å². The van der Waals surface area contributed by atoms with Crippen molar-refractivity contribution < 1.29 is 9.53 Å². The Balaban J connectivity index is 1.50. The molecule has 0 unspecified atom stereocenters. The van der Waals surface area contributed by atoms with Gasteiger partial charge in [-0.1, -0.05) is 43.6 Å². The fourth-order valence-electron chi connectivity index (χ4n) is 3.33. The molecule has 1 aliphatic rings. The quantitative estimate of drug-likeness (QED) is 0.683. The number of nitrogens with zero attached hydrogens (tertiary/aromatic N) is 1. The van der Waals surface area contributed by atoms with Crippen LogP contribution in [0.2, 0.25) is 5.02 Å². The number of hydrogen-bond acceptors (Lipinski definition) is 4. The summed E-state index contributed by atoms with van der Waals surface area (Å²) in [6.45, 7) is 7.24. The molecule has 3 rings (SSSR count). The molecule has 0 saturated carbocycles. The number of hydrogen-bond donors (Lipinski definition) is 1. The molecule has 150 valence electrons. The van der Waals surface area contributed by atoms with Gasteiger partial charge in [-0.15, -0.1) is 0 Å². The standard InChI is InChI=1S/C23H29ClN2O2/c1-17(2)22(27)16-26-13-11-20(12-14-26)25-15-18-5-3-4-6-23(18)28-21-9-7-19(24)8-10-21/h3-10,17,20,25H,11-16H2,1-2H3. The van der Waals surface area contributed by atoms with Crippen LogP contribution >= 0.6 is 11.6 Å². The van der Waals surface area contributed by atoms with Crippen molar-refractivity contribution in [3.05, 3.63) is 59.1 Å². The van der Waals surface area contributed by atoms with Gasteiger partial charge in [0.1, 0.15) is 17.3 Å². The number of nitrogens with one attached hydrogen (secondary N) is 1. The second-order valence-corrected chi connectivity index (χ2v) is 8.15. The van der Waals surface area contributed by atoms with Crippen molar-refractivity contribution in [1.82, 2.24) is 10.2 Å². The average molecular weight is 401 g/mol. The van der Waals surface area contributed by atoms with E-state index in [4.69, 9.17) is 16.3 Å². The Kier molecular flexibility index (Phi) is 7.49. The Morgan fingerprint density at radius 2 is 1.82 bits per heavy atom. The molecule has 1 heterocycles. The van der Waals surface area contributed by atoms with E-state index >= 15 is 0 Å². The number of benzene rings is 2. The maximum atomic E-state index is 11.9. The second kappa shape index (κ2) is 10.1. The van der Waals surface area contributed by atoms with Gasteiger partial charge >= 0.3 is 0 Å². The van der Waals surface area contributed by atoms with Gasteiger partial charge in [0.2, 0.25) is 0 Å². The zero-order valence-electron chi connectivity index (χ0n) is 16.7. The summed E-state index contributed by atoms with van der Waals surface area (Å²) in [7, 11) is 0. The maximum absolute atomic E-state index is 11.9. The van der Waals surface area contributed by atoms with E-state index in [1.807, 2.05) is 56.3 Å². The van der Waals surface area contributed by atoms with Gasteiger partial charge in [-0.2, -0.15) is 0 Å². The molecule has 1 saturated heterocycles. The highest BCUT2D eigenvalue weighted by atomic mass is 35.5. The van der Waals surface area contributed by atoms with Crippen molar-refractivity contribution in [2.45, 2.75) is 39.3 Å². The van der Waals surface area contributed by atoms with Crippen molar-refractivity contribution in [3.8, 4) is 11.5 Å². The first-order valence-electron chi connectivity index (χ1n) is 10.0. The minimum Gasteiger partial charge on any atom is -0.457 e. The maximum Gasteiger partial charge on any atom is 0.149 e. The van der Waals surface area contributed by atoms with E-state index in [9.17, 15) is 4.79 Å². The van der Waals surface area contributed by atoms with Crippen molar-refractivity contribution >= 4 is 17.4 Å². The van der Waals surface area contributed by atoms with Crippen LogP contribution in [0.4, 0.5) is 0 Å². The highest BCUT2D eigenvalue weighted by molar-refractivity contribution is 6.30.